The molecule has 4 heteroatoms. The summed E-state index contributed by atoms with van der Waals surface area (Å²) in [6.45, 7) is 6.20. The van der Waals surface area contributed by atoms with Crippen LogP contribution in [0.5, 0.6) is 0 Å². The van der Waals surface area contributed by atoms with Gasteiger partial charge in [-0.3, -0.25) is 0 Å². The van der Waals surface area contributed by atoms with E-state index in [1.165, 1.54) is 0 Å². The molecule has 0 spiro atoms. The lowest BCUT2D eigenvalue weighted by molar-refractivity contribution is -0.159. The standard InChI is InChI=1S/C9H19NO3/c1-5-13-8(12)7(11)9(2,3)6-10-4/h7,10-11H,5-6H2,1-4H3. The first-order valence-electron chi connectivity index (χ1n) is 4.45. The molecule has 0 aliphatic rings. The molecule has 0 rings (SSSR count). The van der Waals surface area contributed by atoms with Crippen molar-refractivity contribution >= 4 is 5.97 Å². The highest BCUT2D eigenvalue weighted by Crippen LogP contribution is 2.20. The molecular formula is C9H19NO3. The van der Waals surface area contributed by atoms with Crippen LogP contribution in [-0.4, -0.2) is 37.4 Å². The fourth-order valence-electron chi connectivity index (χ4n) is 1.09. The molecule has 0 aromatic carbocycles. The summed E-state index contributed by atoms with van der Waals surface area (Å²) in [6.07, 6.45) is -1.07. The minimum absolute atomic E-state index is 0.297. The first kappa shape index (κ1) is 12.4. The Balaban J connectivity index is 4.21. The van der Waals surface area contributed by atoms with Gasteiger partial charge in [-0.05, 0) is 14.0 Å². The number of aliphatic hydroxyl groups is 1. The lowest BCUT2D eigenvalue weighted by Gasteiger charge is -2.28. The number of aliphatic hydroxyl groups excluding tert-OH is 1. The van der Waals surface area contributed by atoms with Crippen molar-refractivity contribution in [2.45, 2.75) is 26.9 Å². The number of carbonyl (C=O) groups is 1. The average molecular weight is 189 g/mol. The van der Waals surface area contributed by atoms with E-state index in [1.54, 1.807) is 14.0 Å². The number of esters is 1. The van der Waals surface area contributed by atoms with Crippen LogP contribution < -0.4 is 5.32 Å². The Kier molecular flexibility index (Phi) is 4.95. The highest BCUT2D eigenvalue weighted by atomic mass is 16.5. The number of hydrogen-bond acceptors (Lipinski definition) is 4. The van der Waals surface area contributed by atoms with Crippen molar-refractivity contribution in [1.82, 2.24) is 5.32 Å². The topological polar surface area (TPSA) is 58.6 Å². The summed E-state index contributed by atoms with van der Waals surface area (Å²) in [7, 11) is 1.78. The summed E-state index contributed by atoms with van der Waals surface area (Å²) < 4.78 is 4.72. The van der Waals surface area contributed by atoms with Crippen LogP contribution in [0.3, 0.4) is 0 Å². The van der Waals surface area contributed by atoms with E-state index in [0.717, 1.165) is 0 Å². The van der Waals surface area contributed by atoms with Crippen molar-refractivity contribution in [3.8, 4) is 0 Å². The summed E-state index contributed by atoms with van der Waals surface area (Å²) in [4.78, 5) is 11.2. The van der Waals surface area contributed by atoms with Crippen molar-refractivity contribution in [2.24, 2.45) is 5.41 Å². The van der Waals surface area contributed by atoms with Crippen molar-refractivity contribution < 1.29 is 14.6 Å². The van der Waals surface area contributed by atoms with E-state index in [9.17, 15) is 9.90 Å². The molecule has 0 aromatic rings. The highest BCUT2D eigenvalue weighted by Gasteiger charge is 2.33. The van der Waals surface area contributed by atoms with E-state index < -0.39 is 17.5 Å². The van der Waals surface area contributed by atoms with E-state index in [-0.39, 0.29) is 0 Å². The van der Waals surface area contributed by atoms with Gasteiger partial charge in [-0.2, -0.15) is 0 Å². The van der Waals surface area contributed by atoms with Gasteiger partial charge >= 0.3 is 5.97 Å². The number of ether oxygens (including phenoxy) is 1. The minimum Gasteiger partial charge on any atom is -0.464 e. The first-order valence-corrected chi connectivity index (χ1v) is 4.45. The average Bonchev–Trinajstić information content (AvgIpc) is 2.03. The second-order valence-electron chi connectivity index (χ2n) is 3.67. The van der Waals surface area contributed by atoms with Gasteiger partial charge in [0, 0.05) is 12.0 Å². The van der Waals surface area contributed by atoms with Gasteiger partial charge in [-0.15, -0.1) is 0 Å². The minimum atomic E-state index is -1.07. The third-order valence-electron chi connectivity index (χ3n) is 1.88. The molecule has 0 bridgehead atoms. The number of rotatable bonds is 5. The molecule has 1 atom stereocenters. The maximum Gasteiger partial charge on any atom is 0.335 e. The van der Waals surface area contributed by atoms with Crippen LogP contribution in [0.1, 0.15) is 20.8 Å². The van der Waals surface area contributed by atoms with E-state index >= 15 is 0 Å². The lowest BCUT2D eigenvalue weighted by Crippen LogP contribution is -2.43. The van der Waals surface area contributed by atoms with Crippen LogP contribution in [0.2, 0.25) is 0 Å². The van der Waals surface area contributed by atoms with Gasteiger partial charge in [0.2, 0.25) is 0 Å². The van der Waals surface area contributed by atoms with E-state index in [1.807, 2.05) is 13.8 Å². The monoisotopic (exact) mass is 189 g/mol. The molecule has 0 fully saturated rings. The summed E-state index contributed by atoms with van der Waals surface area (Å²) in [5.74, 6) is -0.553. The molecule has 0 aliphatic carbocycles. The molecule has 13 heavy (non-hydrogen) atoms. The van der Waals surface area contributed by atoms with Crippen molar-refractivity contribution in [2.75, 3.05) is 20.2 Å². The zero-order valence-electron chi connectivity index (χ0n) is 8.76. The van der Waals surface area contributed by atoms with E-state index in [2.05, 4.69) is 5.32 Å². The Labute approximate surface area is 79.3 Å². The number of carbonyl (C=O) groups excluding carboxylic acids is 1. The van der Waals surface area contributed by atoms with Gasteiger partial charge in [0.15, 0.2) is 6.10 Å². The molecule has 0 heterocycles. The molecule has 2 N–H and O–H groups in total. The third kappa shape index (κ3) is 3.74. The molecule has 0 aromatic heterocycles. The number of hydrogen-bond donors (Lipinski definition) is 2. The SMILES string of the molecule is CCOC(=O)C(O)C(C)(C)CNC. The van der Waals surface area contributed by atoms with E-state index in [0.29, 0.717) is 13.2 Å². The summed E-state index contributed by atoms with van der Waals surface area (Å²) in [5, 5.41) is 12.5. The largest absolute Gasteiger partial charge is 0.464 e. The zero-order valence-corrected chi connectivity index (χ0v) is 8.76. The summed E-state index contributed by atoms with van der Waals surface area (Å²) in [6, 6.07) is 0. The summed E-state index contributed by atoms with van der Waals surface area (Å²) in [5.41, 5.74) is -0.499. The molecule has 0 aliphatic heterocycles. The third-order valence-corrected chi connectivity index (χ3v) is 1.88. The first-order chi connectivity index (χ1) is 5.95. The van der Waals surface area contributed by atoms with Crippen molar-refractivity contribution in [1.29, 1.82) is 0 Å². The Morgan fingerprint density at radius 1 is 1.62 bits per heavy atom. The van der Waals surface area contributed by atoms with Crippen LogP contribution >= 0.6 is 0 Å². The maximum absolute atomic E-state index is 11.2. The van der Waals surface area contributed by atoms with Gasteiger partial charge < -0.3 is 15.2 Å². The van der Waals surface area contributed by atoms with E-state index in [4.69, 9.17) is 4.74 Å². The van der Waals surface area contributed by atoms with Gasteiger partial charge in [-0.25, -0.2) is 4.79 Å². The van der Waals surface area contributed by atoms with Crippen molar-refractivity contribution in [3.63, 3.8) is 0 Å². The zero-order chi connectivity index (χ0) is 10.5. The van der Waals surface area contributed by atoms with Crippen LogP contribution in [0.25, 0.3) is 0 Å². The Morgan fingerprint density at radius 2 is 2.15 bits per heavy atom. The fourth-order valence-corrected chi connectivity index (χ4v) is 1.09. The Hall–Kier alpha value is -0.610. The molecule has 0 saturated heterocycles. The van der Waals surface area contributed by atoms with Gasteiger partial charge in [0.05, 0.1) is 6.61 Å². The van der Waals surface area contributed by atoms with Gasteiger partial charge in [-0.1, -0.05) is 13.8 Å². The van der Waals surface area contributed by atoms with Crippen LogP contribution in [0, 0.1) is 5.41 Å². The molecule has 0 saturated carbocycles. The van der Waals surface area contributed by atoms with Crippen LogP contribution in [0.15, 0.2) is 0 Å². The van der Waals surface area contributed by atoms with Gasteiger partial charge in [0.1, 0.15) is 0 Å². The quantitative estimate of drug-likeness (QED) is 0.605. The fraction of sp³-hybridized carbons (Fsp3) is 0.889. The highest BCUT2D eigenvalue weighted by molar-refractivity contribution is 5.75. The molecular weight excluding hydrogens is 170 g/mol. The Morgan fingerprint density at radius 3 is 2.54 bits per heavy atom. The molecule has 0 amide bonds. The van der Waals surface area contributed by atoms with Crippen LogP contribution in [-0.2, 0) is 9.53 Å². The van der Waals surface area contributed by atoms with Gasteiger partial charge in [0.25, 0.3) is 0 Å². The second kappa shape index (κ2) is 5.19. The molecule has 0 radical (unpaired) electrons. The molecule has 4 nitrogen and oxygen atoms in total. The second-order valence-corrected chi connectivity index (χ2v) is 3.67. The Bertz CT molecular complexity index is 168. The van der Waals surface area contributed by atoms with Crippen molar-refractivity contribution in [3.05, 3.63) is 0 Å². The molecule has 1 unspecified atom stereocenters. The predicted molar refractivity (Wildman–Crippen MR) is 50.3 cm³/mol. The van der Waals surface area contributed by atoms with Crippen LogP contribution in [0.4, 0.5) is 0 Å². The lowest BCUT2D eigenvalue weighted by atomic mass is 9.86. The molecule has 78 valence electrons. The number of nitrogens with one attached hydrogen (secondary N) is 1. The maximum atomic E-state index is 11.2. The smallest absolute Gasteiger partial charge is 0.335 e. The predicted octanol–water partition coefficient (Wildman–Crippen LogP) is 0.156. The normalized spacial score (nSPS) is 13.9. The summed E-state index contributed by atoms with van der Waals surface area (Å²) >= 11 is 0.